The summed E-state index contributed by atoms with van der Waals surface area (Å²) < 4.78 is 0. The molecule has 21 heavy (non-hydrogen) atoms. The van der Waals surface area contributed by atoms with E-state index in [4.69, 9.17) is 18.0 Å². The van der Waals surface area contributed by atoms with Crippen molar-refractivity contribution < 1.29 is 0 Å². The minimum atomic E-state index is 0.475. The minimum Gasteiger partial charge on any atom is -0.393 e. The van der Waals surface area contributed by atoms with Gasteiger partial charge in [-0.25, -0.2) is 4.98 Å². The number of thiocarbonyl (C=S) groups is 1. The topological polar surface area (TPSA) is 80.8 Å². The van der Waals surface area contributed by atoms with Crippen LogP contribution in [0.5, 0.6) is 0 Å². The van der Waals surface area contributed by atoms with Crippen molar-refractivity contribution in [3.63, 3.8) is 0 Å². The summed E-state index contributed by atoms with van der Waals surface area (Å²) in [7, 11) is 0. The number of aromatic nitrogens is 4. The highest BCUT2D eigenvalue weighted by atomic mass is 32.1. The van der Waals surface area contributed by atoms with E-state index in [2.05, 4.69) is 20.2 Å². The van der Waals surface area contributed by atoms with E-state index in [0.29, 0.717) is 30.4 Å². The smallest absolute Gasteiger partial charge is 0.245 e. The lowest BCUT2D eigenvalue weighted by molar-refractivity contribution is 0.739. The molecule has 0 aromatic carbocycles. The van der Waals surface area contributed by atoms with Gasteiger partial charge in [-0.3, -0.25) is 4.98 Å². The van der Waals surface area contributed by atoms with E-state index in [-0.39, 0.29) is 0 Å². The van der Waals surface area contributed by atoms with Crippen molar-refractivity contribution in [2.24, 2.45) is 5.73 Å². The van der Waals surface area contributed by atoms with Crippen LogP contribution in [0.2, 0.25) is 0 Å². The van der Waals surface area contributed by atoms with Crippen molar-refractivity contribution in [1.82, 2.24) is 20.2 Å². The van der Waals surface area contributed by atoms with Crippen LogP contribution in [0, 0.1) is 13.8 Å². The third-order valence-corrected chi connectivity index (χ3v) is 3.29. The lowest BCUT2D eigenvalue weighted by Gasteiger charge is -2.22. The Kier molecular flexibility index (Phi) is 5.10. The summed E-state index contributed by atoms with van der Waals surface area (Å²) in [6.07, 6.45) is 4.17. The predicted octanol–water partition coefficient (Wildman–Crippen LogP) is 1.57. The molecule has 2 aromatic heterocycles. The highest BCUT2D eigenvalue weighted by Gasteiger charge is 2.13. The molecule has 0 unspecified atom stereocenters. The van der Waals surface area contributed by atoms with Crippen LogP contribution >= 0.6 is 12.2 Å². The van der Waals surface area contributed by atoms with E-state index in [1.54, 1.807) is 6.20 Å². The molecule has 0 aliphatic carbocycles. The molecule has 0 radical (unpaired) electrons. The Labute approximate surface area is 129 Å². The number of nitrogens with two attached hydrogens (primary N) is 1. The van der Waals surface area contributed by atoms with Gasteiger partial charge in [0.15, 0.2) is 0 Å². The number of pyridine rings is 1. The lowest BCUT2D eigenvalue weighted by atomic mass is 10.2. The third-order valence-electron chi connectivity index (χ3n) is 3.09. The van der Waals surface area contributed by atoms with E-state index in [9.17, 15) is 0 Å². The van der Waals surface area contributed by atoms with Gasteiger partial charge in [0, 0.05) is 31.9 Å². The summed E-state index contributed by atoms with van der Waals surface area (Å²) in [4.78, 5) is 11.1. The molecule has 110 valence electrons. The standard InChI is InChI=1S/C14H18N6S/c1-10-11(2)18-19-14(17-10)20(7-5-13(15)21)9-12-4-3-6-16-8-12/h3-4,6,8H,5,7,9H2,1-2H3,(H2,15,21). The normalized spacial score (nSPS) is 10.4. The van der Waals surface area contributed by atoms with Crippen molar-refractivity contribution in [3.8, 4) is 0 Å². The zero-order valence-electron chi connectivity index (χ0n) is 12.2. The van der Waals surface area contributed by atoms with E-state index in [1.165, 1.54) is 0 Å². The molecule has 0 amide bonds. The largest absolute Gasteiger partial charge is 0.393 e. The number of anilines is 1. The van der Waals surface area contributed by atoms with Crippen molar-refractivity contribution in [1.29, 1.82) is 0 Å². The van der Waals surface area contributed by atoms with Gasteiger partial charge in [0.1, 0.15) is 0 Å². The molecule has 0 saturated heterocycles. The van der Waals surface area contributed by atoms with E-state index in [1.807, 2.05) is 37.1 Å². The number of hydrogen-bond donors (Lipinski definition) is 1. The number of rotatable bonds is 6. The van der Waals surface area contributed by atoms with Gasteiger partial charge >= 0.3 is 0 Å². The zero-order chi connectivity index (χ0) is 15.2. The fourth-order valence-corrected chi connectivity index (χ4v) is 1.88. The molecule has 0 bridgehead atoms. The number of aryl methyl sites for hydroxylation is 2. The summed E-state index contributed by atoms with van der Waals surface area (Å²) >= 11 is 4.96. The first kappa shape index (κ1) is 15.2. The lowest BCUT2D eigenvalue weighted by Crippen LogP contribution is -2.29. The average Bonchev–Trinajstić information content (AvgIpc) is 2.47. The number of hydrogen-bond acceptors (Lipinski definition) is 6. The summed E-state index contributed by atoms with van der Waals surface area (Å²) in [5, 5.41) is 8.31. The van der Waals surface area contributed by atoms with E-state index >= 15 is 0 Å². The van der Waals surface area contributed by atoms with Gasteiger partial charge in [-0.1, -0.05) is 18.3 Å². The first-order valence-electron chi connectivity index (χ1n) is 6.66. The second-order valence-electron chi connectivity index (χ2n) is 4.78. The second kappa shape index (κ2) is 7.03. The van der Waals surface area contributed by atoms with Crippen LogP contribution in [0.15, 0.2) is 24.5 Å². The molecule has 6 nitrogen and oxygen atoms in total. The van der Waals surface area contributed by atoms with Crippen LogP contribution in [0.25, 0.3) is 0 Å². The van der Waals surface area contributed by atoms with Gasteiger partial charge in [-0.05, 0) is 25.5 Å². The van der Waals surface area contributed by atoms with Crippen LogP contribution in [0.4, 0.5) is 5.95 Å². The van der Waals surface area contributed by atoms with Gasteiger partial charge in [-0.2, -0.15) is 5.10 Å². The summed E-state index contributed by atoms with van der Waals surface area (Å²) in [5.41, 5.74) is 8.37. The molecule has 0 aliphatic rings. The van der Waals surface area contributed by atoms with Crippen LogP contribution in [0.1, 0.15) is 23.4 Å². The SMILES string of the molecule is Cc1nnc(N(CCC(N)=S)Cc2cccnc2)nc1C. The molecular formula is C14H18N6S. The Balaban J connectivity index is 2.22. The molecule has 0 fully saturated rings. The van der Waals surface area contributed by atoms with Gasteiger partial charge in [-0.15, -0.1) is 5.10 Å². The Morgan fingerprint density at radius 2 is 2.10 bits per heavy atom. The summed E-state index contributed by atoms with van der Waals surface area (Å²) in [5.74, 6) is 0.582. The maximum Gasteiger partial charge on any atom is 0.245 e. The van der Waals surface area contributed by atoms with Crippen LogP contribution < -0.4 is 10.6 Å². The fraction of sp³-hybridized carbons (Fsp3) is 0.357. The van der Waals surface area contributed by atoms with Gasteiger partial charge in [0.25, 0.3) is 0 Å². The Morgan fingerprint density at radius 1 is 1.29 bits per heavy atom. The molecular weight excluding hydrogens is 284 g/mol. The highest BCUT2D eigenvalue weighted by molar-refractivity contribution is 7.80. The minimum absolute atomic E-state index is 0.475. The van der Waals surface area contributed by atoms with E-state index in [0.717, 1.165) is 17.0 Å². The predicted molar refractivity (Wildman–Crippen MR) is 86.0 cm³/mol. The summed E-state index contributed by atoms with van der Waals surface area (Å²) in [6.45, 7) is 5.10. The maximum absolute atomic E-state index is 5.60. The molecule has 2 heterocycles. The molecule has 0 saturated carbocycles. The molecule has 2 N–H and O–H groups in total. The van der Waals surface area contributed by atoms with Gasteiger partial charge in [0.05, 0.1) is 16.4 Å². The van der Waals surface area contributed by atoms with Crippen molar-refractivity contribution >= 4 is 23.2 Å². The summed E-state index contributed by atoms with van der Waals surface area (Å²) in [6, 6.07) is 3.91. The number of nitrogens with zero attached hydrogens (tertiary/aromatic N) is 5. The Morgan fingerprint density at radius 3 is 2.71 bits per heavy atom. The van der Waals surface area contributed by atoms with Crippen molar-refractivity contribution in [2.75, 3.05) is 11.4 Å². The quantitative estimate of drug-likeness (QED) is 0.811. The van der Waals surface area contributed by atoms with Gasteiger partial charge in [0.2, 0.25) is 5.95 Å². The second-order valence-corrected chi connectivity index (χ2v) is 5.31. The van der Waals surface area contributed by atoms with Gasteiger partial charge < -0.3 is 10.6 Å². The molecule has 0 aliphatic heterocycles. The Hall–Kier alpha value is -2.15. The molecule has 0 spiro atoms. The molecule has 2 aromatic rings. The monoisotopic (exact) mass is 302 g/mol. The first-order valence-corrected chi connectivity index (χ1v) is 7.07. The van der Waals surface area contributed by atoms with Crippen molar-refractivity contribution in [3.05, 3.63) is 41.5 Å². The van der Waals surface area contributed by atoms with Crippen molar-refractivity contribution in [2.45, 2.75) is 26.8 Å². The maximum atomic E-state index is 5.60. The fourth-order valence-electron chi connectivity index (χ4n) is 1.79. The average molecular weight is 302 g/mol. The molecule has 0 atom stereocenters. The first-order chi connectivity index (χ1) is 10.1. The van der Waals surface area contributed by atoms with Crippen LogP contribution in [-0.4, -0.2) is 31.7 Å². The Bertz CT molecular complexity index is 616. The third kappa shape index (κ3) is 4.42. The van der Waals surface area contributed by atoms with E-state index < -0.39 is 0 Å². The van der Waals surface area contributed by atoms with Crippen LogP contribution in [-0.2, 0) is 6.54 Å². The zero-order valence-corrected chi connectivity index (χ0v) is 13.0. The molecule has 2 rings (SSSR count). The highest BCUT2D eigenvalue weighted by Crippen LogP contribution is 2.13. The molecule has 7 heteroatoms. The van der Waals surface area contributed by atoms with Crippen LogP contribution in [0.3, 0.4) is 0 Å².